The van der Waals surface area contributed by atoms with Gasteiger partial charge in [0.2, 0.25) is 5.91 Å². The summed E-state index contributed by atoms with van der Waals surface area (Å²) in [5, 5.41) is 13.2. The maximum Gasteiger partial charge on any atom is 0.269 e. The van der Waals surface area contributed by atoms with Crippen molar-refractivity contribution in [2.75, 3.05) is 7.05 Å². The molecule has 1 aromatic carbocycles. The van der Waals surface area contributed by atoms with Crippen molar-refractivity contribution in [3.8, 4) is 0 Å². The molecule has 1 amide bonds. The number of carbonyl (C=O) groups excluding carboxylic acids is 1. The van der Waals surface area contributed by atoms with E-state index < -0.39 is 4.92 Å². The molecule has 3 rings (SSSR count). The Bertz CT molecular complexity index is 892. The van der Waals surface area contributed by atoms with Crippen LogP contribution in [-0.2, 0) is 17.8 Å². The lowest BCUT2D eigenvalue weighted by molar-refractivity contribution is -0.384. The van der Waals surface area contributed by atoms with Gasteiger partial charge in [-0.2, -0.15) is 0 Å². The summed E-state index contributed by atoms with van der Waals surface area (Å²) < 4.78 is 1.87. The number of aromatic nitrogens is 2. The van der Waals surface area contributed by atoms with Gasteiger partial charge in [0, 0.05) is 48.5 Å². The molecule has 124 valence electrons. The molecule has 24 heavy (non-hydrogen) atoms. The minimum absolute atomic E-state index is 0.0513. The number of non-ortho nitro benzene ring substituents is 1. The molecule has 0 aliphatic carbocycles. The van der Waals surface area contributed by atoms with Crippen molar-refractivity contribution in [3.05, 3.63) is 62.4 Å². The van der Waals surface area contributed by atoms with E-state index in [9.17, 15) is 14.9 Å². The van der Waals surface area contributed by atoms with Gasteiger partial charge in [0.25, 0.3) is 5.69 Å². The van der Waals surface area contributed by atoms with Crippen molar-refractivity contribution in [1.82, 2.24) is 14.3 Å². The van der Waals surface area contributed by atoms with Gasteiger partial charge in [0.1, 0.15) is 0 Å². The molecule has 0 saturated carbocycles. The fraction of sp³-hybridized carbons (Fsp3) is 0.200. The SMILES string of the molecule is CN(Cc1cc([N+](=O)[O-])ccc1Cl)C(=O)Cc1cn2ccsc2n1. The predicted octanol–water partition coefficient (Wildman–Crippen LogP) is 3.16. The fourth-order valence-corrected chi connectivity index (χ4v) is 3.19. The molecule has 0 radical (unpaired) electrons. The van der Waals surface area contributed by atoms with Crippen molar-refractivity contribution < 1.29 is 9.72 Å². The van der Waals surface area contributed by atoms with Crippen LogP contribution in [0.4, 0.5) is 5.69 Å². The highest BCUT2D eigenvalue weighted by Gasteiger charge is 2.16. The summed E-state index contributed by atoms with van der Waals surface area (Å²) in [6, 6.07) is 4.20. The lowest BCUT2D eigenvalue weighted by Gasteiger charge is -2.17. The Morgan fingerprint density at radius 1 is 1.50 bits per heavy atom. The number of imidazole rings is 1. The minimum Gasteiger partial charge on any atom is -0.341 e. The smallest absolute Gasteiger partial charge is 0.269 e. The van der Waals surface area contributed by atoms with Crippen molar-refractivity contribution in [2.45, 2.75) is 13.0 Å². The number of nitrogens with zero attached hydrogens (tertiary/aromatic N) is 4. The summed E-state index contributed by atoms with van der Waals surface area (Å²) in [5.41, 5.74) is 1.17. The second-order valence-electron chi connectivity index (χ2n) is 5.28. The highest BCUT2D eigenvalue weighted by atomic mass is 35.5. The van der Waals surface area contributed by atoms with Crippen molar-refractivity contribution in [2.24, 2.45) is 0 Å². The maximum atomic E-state index is 12.3. The molecule has 2 heterocycles. The predicted molar refractivity (Wildman–Crippen MR) is 91.4 cm³/mol. The van der Waals surface area contributed by atoms with E-state index >= 15 is 0 Å². The Hall–Kier alpha value is -2.45. The van der Waals surface area contributed by atoms with Crippen LogP contribution in [0.1, 0.15) is 11.3 Å². The van der Waals surface area contributed by atoms with E-state index in [2.05, 4.69) is 4.98 Å². The van der Waals surface area contributed by atoms with E-state index in [1.54, 1.807) is 7.05 Å². The van der Waals surface area contributed by atoms with Crippen LogP contribution < -0.4 is 0 Å². The van der Waals surface area contributed by atoms with Crippen molar-refractivity contribution in [3.63, 3.8) is 0 Å². The Balaban J connectivity index is 1.70. The Labute approximate surface area is 146 Å². The number of halogens is 1. The second-order valence-corrected chi connectivity index (χ2v) is 6.56. The largest absolute Gasteiger partial charge is 0.341 e. The van der Waals surface area contributed by atoms with Crippen LogP contribution in [0.25, 0.3) is 4.96 Å². The Kier molecular flexibility index (Phi) is 4.50. The van der Waals surface area contributed by atoms with E-state index in [-0.39, 0.29) is 24.6 Å². The van der Waals surface area contributed by atoms with Gasteiger partial charge >= 0.3 is 0 Å². The zero-order valence-corrected chi connectivity index (χ0v) is 14.3. The first-order chi connectivity index (χ1) is 11.4. The molecule has 0 atom stereocenters. The molecule has 0 bridgehead atoms. The second kappa shape index (κ2) is 6.58. The van der Waals surface area contributed by atoms with E-state index in [1.807, 2.05) is 22.2 Å². The quantitative estimate of drug-likeness (QED) is 0.514. The summed E-state index contributed by atoms with van der Waals surface area (Å²) in [5.74, 6) is -0.136. The number of benzene rings is 1. The number of likely N-dealkylation sites (N-methyl/N-ethyl adjacent to an activating group) is 1. The number of nitro groups is 1. The highest BCUT2D eigenvalue weighted by Crippen LogP contribution is 2.23. The van der Waals surface area contributed by atoms with E-state index in [0.717, 1.165) is 4.96 Å². The maximum absolute atomic E-state index is 12.3. The van der Waals surface area contributed by atoms with E-state index in [1.165, 1.54) is 34.4 Å². The normalized spacial score (nSPS) is 10.9. The van der Waals surface area contributed by atoms with Gasteiger partial charge in [-0.05, 0) is 11.6 Å². The third kappa shape index (κ3) is 3.39. The van der Waals surface area contributed by atoms with Crippen LogP contribution in [0.5, 0.6) is 0 Å². The van der Waals surface area contributed by atoms with Crippen LogP contribution >= 0.6 is 22.9 Å². The number of thiazole rings is 1. The minimum atomic E-state index is -0.487. The topological polar surface area (TPSA) is 80.8 Å². The number of hydrogen-bond acceptors (Lipinski definition) is 5. The number of amides is 1. The fourth-order valence-electron chi connectivity index (χ4n) is 2.29. The van der Waals surface area contributed by atoms with Crippen LogP contribution in [0.3, 0.4) is 0 Å². The monoisotopic (exact) mass is 364 g/mol. The molecule has 0 N–H and O–H groups in total. The average Bonchev–Trinajstić information content (AvgIpc) is 3.10. The molecule has 9 heteroatoms. The molecular weight excluding hydrogens is 352 g/mol. The van der Waals surface area contributed by atoms with Gasteiger partial charge in [-0.1, -0.05) is 11.6 Å². The number of rotatable bonds is 5. The highest BCUT2D eigenvalue weighted by molar-refractivity contribution is 7.15. The third-order valence-corrected chi connectivity index (χ3v) is 4.69. The molecule has 0 saturated heterocycles. The summed E-state index contributed by atoms with van der Waals surface area (Å²) in [7, 11) is 1.63. The van der Waals surface area contributed by atoms with E-state index in [0.29, 0.717) is 16.3 Å². The zero-order valence-electron chi connectivity index (χ0n) is 12.7. The van der Waals surface area contributed by atoms with Gasteiger partial charge in [-0.15, -0.1) is 11.3 Å². The van der Waals surface area contributed by atoms with Gasteiger partial charge in [0.15, 0.2) is 4.96 Å². The summed E-state index contributed by atoms with van der Waals surface area (Å²) >= 11 is 7.57. The van der Waals surface area contributed by atoms with Crippen molar-refractivity contribution >= 4 is 39.5 Å². The summed E-state index contributed by atoms with van der Waals surface area (Å²) in [4.78, 5) is 29.4. The molecule has 0 spiro atoms. The first kappa shape index (κ1) is 16.4. The van der Waals surface area contributed by atoms with Crippen LogP contribution in [0.2, 0.25) is 5.02 Å². The molecule has 0 aliphatic rings. The average molecular weight is 365 g/mol. The molecule has 7 nitrogen and oxygen atoms in total. The third-order valence-electron chi connectivity index (χ3n) is 3.55. The molecule has 0 fully saturated rings. The zero-order chi connectivity index (χ0) is 17.3. The number of carbonyl (C=O) groups is 1. The van der Waals surface area contributed by atoms with Crippen molar-refractivity contribution in [1.29, 1.82) is 0 Å². The van der Waals surface area contributed by atoms with E-state index in [4.69, 9.17) is 11.6 Å². The van der Waals surface area contributed by atoms with Crippen LogP contribution in [0, 0.1) is 10.1 Å². The number of hydrogen-bond donors (Lipinski definition) is 0. The lowest BCUT2D eigenvalue weighted by Crippen LogP contribution is -2.28. The Morgan fingerprint density at radius 3 is 3.00 bits per heavy atom. The van der Waals surface area contributed by atoms with Gasteiger partial charge in [0.05, 0.1) is 17.0 Å². The first-order valence-corrected chi connectivity index (χ1v) is 8.27. The first-order valence-electron chi connectivity index (χ1n) is 7.02. The standard InChI is InChI=1S/C15H13ClN4O3S/c1-18(8-10-6-12(20(22)23)2-3-13(10)16)14(21)7-11-9-19-4-5-24-15(19)17-11/h2-6,9H,7-8H2,1H3. The molecule has 0 unspecified atom stereocenters. The molecule has 3 aromatic rings. The molecule has 0 aliphatic heterocycles. The lowest BCUT2D eigenvalue weighted by atomic mass is 10.2. The summed E-state index contributed by atoms with van der Waals surface area (Å²) in [6.45, 7) is 0.196. The van der Waals surface area contributed by atoms with Gasteiger partial charge < -0.3 is 4.90 Å². The van der Waals surface area contributed by atoms with Gasteiger partial charge in [-0.3, -0.25) is 19.3 Å². The molecular formula is C15H13ClN4O3S. The van der Waals surface area contributed by atoms with Crippen LogP contribution in [0.15, 0.2) is 36.0 Å². The van der Waals surface area contributed by atoms with Crippen LogP contribution in [-0.4, -0.2) is 32.2 Å². The Morgan fingerprint density at radius 2 is 2.29 bits per heavy atom. The van der Waals surface area contributed by atoms with Gasteiger partial charge in [-0.25, -0.2) is 4.98 Å². The molecule has 2 aromatic heterocycles. The summed E-state index contributed by atoms with van der Waals surface area (Å²) in [6.07, 6.45) is 3.86. The number of nitro benzene ring substituents is 1. The number of fused-ring (bicyclic) bond motifs is 1.